The molecule has 0 saturated carbocycles. The number of aromatic nitrogens is 2. The molecule has 1 saturated heterocycles. The first kappa shape index (κ1) is 21.9. The molecule has 1 aliphatic rings. The minimum atomic E-state index is -0.287. The van der Waals surface area contributed by atoms with Gasteiger partial charge in [-0.15, -0.1) is 11.3 Å². The largest absolute Gasteiger partial charge is 0.341 e. The average molecular weight is 550 g/mol. The van der Waals surface area contributed by atoms with Gasteiger partial charge in [0.25, 0.3) is 11.5 Å². The average Bonchev–Trinajstić information content (AvgIpc) is 3.09. The second-order valence-electron chi connectivity index (χ2n) is 7.96. The van der Waals surface area contributed by atoms with Crippen molar-refractivity contribution < 1.29 is 9.59 Å². The van der Waals surface area contributed by atoms with Crippen molar-refractivity contribution in [1.82, 2.24) is 14.5 Å². The Morgan fingerprint density at radius 3 is 2.74 bits per heavy atom. The Hall–Kier alpha value is -2.27. The molecule has 4 rings (SSSR count). The van der Waals surface area contributed by atoms with Gasteiger partial charge in [-0.25, -0.2) is 4.98 Å². The van der Waals surface area contributed by atoms with Crippen molar-refractivity contribution in [3.05, 3.63) is 55.0 Å². The summed E-state index contributed by atoms with van der Waals surface area (Å²) in [6.07, 6.45) is 3.52. The second kappa shape index (κ2) is 9.07. The van der Waals surface area contributed by atoms with Crippen molar-refractivity contribution >= 4 is 61.6 Å². The first-order chi connectivity index (χ1) is 14.8. The normalized spacial score (nSPS) is 16.5. The first-order valence-corrected chi connectivity index (χ1v) is 12.1. The number of amides is 2. The van der Waals surface area contributed by atoms with Crippen LogP contribution in [0, 0.1) is 16.4 Å². The summed E-state index contributed by atoms with van der Waals surface area (Å²) in [5.41, 5.74) is 0.994. The van der Waals surface area contributed by atoms with Crippen LogP contribution >= 0.6 is 33.9 Å². The van der Waals surface area contributed by atoms with Crippen LogP contribution in [0.3, 0.4) is 0 Å². The molecule has 1 N–H and O–H groups in total. The number of carbonyl (C=O) groups excluding carboxylic acids is 2. The van der Waals surface area contributed by atoms with Crippen LogP contribution < -0.4 is 10.9 Å². The van der Waals surface area contributed by atoms with E-state index in [0.717, 1.165) is 29.5 Å². The van der Waals surface area contributed by atoms with E-state index in [1.807, 2.05) is 29.2 Å². The predicted molar refractivity (Wildman–Crippen MR) is 131 cm³/mol. The lowest BCUT2D eigenvalue weighted by Crippen LogP contribution is -2.42. The molecule has 2 amide bonds. The van der Waals surface area contributed by atoms with Crippen molar-refractivity contribution in [2.75, 3.05) is 18.4 Å². The number of hydrogen-bond donors (Lipinski definition) is 1. The summed E-state index contributed by atoms with van der Waals surface area (Å²) >= 11 is 3.39. The molecule has 1 aromatic carbocycles. The lowest BCUT2D eigenvalue weighted by atomic mass is 10.0. The number of nitrogens with one attached hydrogen (secondary N) is 1. The third kappa shape index (κ3) is 4.67. The molecule has 9 heteroatoms. The number of halogens is 1. The Kier molecular flexibility index (Phi) is 6.42. The number of aryl methyl sites for hydroxylation is 1. The van der Waals surface area contributed by atoms with Gasteiger partial charge in [-0.3, -0.25) is 19.0 Å². The highest BCUT2D eigenvalue weighted by Crippen LogP contribution is 2.28. The number of anilines is 1. The van der Waals surface area contributed by atoms with Gasteiger partial charge in [0, 0.05) is 22.3 Å². The highest BCUT2D eigenvalue weighted by molar-refractivity contribution is 14.1. The molecule has 0 bridgehead atoms. The molecule has 3 heterocycles. The Balaban J connectivity index is 1.58. The van der Waals surface area contributed by atoms with Crippen molar-refractivity contribution in [3.63, 3.8) is 0 Å². The maximum Gasteiger partial charge on any atom is 0.266 e. The van der Waals surface area contributed by atoms with E-state index < -0.39 is 0 Å². The number of benzene rings is 1. The summed E-state index contributed by atoms with van der Waals surface area (Å²) in [6, 6.07) is 7.49. The first-order valence-electron chi connectivity index (χ1n) is 10.2. The fourth-order valence-corrected chi connectivity index (χ4v) is 5.27. The molecule has 31 heavy (non-hydrogen) atoms. The monoisotopic (exact) mass is 550 g/mol. The maximum absolute atomic E-state index is 13.1. The van der Waals surface area contributed by atoms with Crippen LogP contribution in [0.25, 0.3) is 10.2 Å². The number of thiophene rings is 1. The number of nitrogens with zero attached hydrogens (tertiary/aromatic N) is 3. The molecule has 1 atom stereocenters. The van der Waals surface area contributed by atoms with Gasteiger partial charge >= 0.3 is 0 Å². The molecule has 3 aromatic rings. The lowest BCUT2D eigenvalue weighted by Gasteiger charge is -2.31. The molecule has 7 nitrogen and oxygen atoms in total. The highest BCUT2D eigenvalue weighted by Gasteiger charge is 2.23. The number of hydrogen-bond acceptors (Lipinski definition) is 5. The van der Waals surface area contributed by atoms with Gasteiger partial charge in [0.2, 0.25) is 5.91 Å². The van der Waals surface area contributed by atoms with Gasteiger partial charge in [-0.1, -0.05) is 6.92 Å². The topological polar surface area (TPSA) is 84.3 Å². The zero-order valence-electron chi connectivity index (χ0n) is 17.4. The van der Waals surface area contributed by atoms with E-state index in [4.69, 9.17) is 0 Å². The summed E-state index contributed by atoms with van der Waals surface area (Å²) in [4.78, 5) is 45.7. The number of rotatable bonds is 4. The molecular formula is C22H23IN4O3S. The van der Waals surface area contributed by atoms with Crippen LogP contribution in [0.1, 0.15) is 35.0 Å². The van der Waals surface area contributed by atoms with Gasteiger partial charge in [0.05, 0.1) is 16.6 Å². The van der Waals surface area contributed by atoms with E-state index in [-0.39, 0.29) is 23.9 Å². The third-order valence-corrected chi connectivity index (χ3v) is 7.46. The molecule has 1 aliphatic heterocycles. The molecule has 1 unspecified atom stereocenters. The number of carbonyl (C=O) groups is 2. The molecule has 162 valence electrons. The van der Waals surface area contributed by atoms with Gasteiger partial charge in [-0.2, -0.15) is 0 Å². The van der Waals surface area contributed by atoms with E-state index >= 15 is 0 Å². The summed E-state index contributed by atoms with van der Waals surface area (Å²) in [5.74, 6) is 0.133. The van der Waals surface area contributed by atoms with E-state index in [1.54, 1.807) is 6.92 Å². The van der Waals surface area contributed by atoms with Crippen LogP contribution in [-0.2, 0) is 11.3 Å². The highest BCUT2D eigenvalue weighted by atomic mass is 127. The van der Waals surface area contributed by atoms with Crippen molar-refractivity contribution in [2.45, 2.75) is 33.2 Å². The summed E-state index contributed by atoms with van der Waals surface area (Å²) in [6.45, 7) is 5.31. The zero-order valence-corrected chi connectivity index (χ0v) is 20.3. The predicted octanol–water partition coefficient (Wildman–Crippen LogP) is 3.88. The van der Waals surface area contributed by atoms with Crippen LogP contribution in [0.4, 0.5) is 5.69 Å². The van der Waals surface area contributed by atoms with Gasteiger partial charge in [0.15, 0.2) is 0 Å². The van der Waals surface area contributed by atoms with Crippen molar-refractivity contribution in [2.24, 2.45) is 5.92 Å². The van der Waals surface area contributed by atoms with Crippen molar-refractivity contribution in [3.8, 4) is 0 Å². The van der Waals surface area contributed by atoms with Gasteiger partial charge in [-0.05, 0) is 78.1 Å². The molecular weight excluding hydrogens is 527 g/mol. The third-order valence-electron chi connectivity index (χ3n) is 5.54. The number of piperidine rings is 1. The number of fused-ring (bicyclic) bond motifs is 1. The van der Waals surface area contributed by atoms with E-state index in [2.05, 4.69) is 39.8 Å². The van der Waals surface area contributed by atoms with Crippen LogP contribution in [0.2, 0.25) is 0 Å². The Morgan fingerprint density at radius 1 is 1.29 bits per heavy atom. The van der Waals surface area contributed by atoms with Crippen molar-refractivity contribution in [1.29, 1.82) is 0 Å². The summed E-state index contributed by atoms with van der Waals surface area (Å²) < 4.78 is 2.43. The Bertz CT molecular complexity index is 1200. The maximum atomic E-state index is 13.1. The van der Waals surface area contributed by atoms with E-state index in [1.165, 1.54) is 22.2 Å². The standard InChI is InChI=1S/C22H23IN4O3S/c1-13-4-3-9-26(10-13)17(28)11-27-12-24-21-18(22(27)30)14(2)19(31-21)20(29)25-16-7-5-15(23)6-8-16/h5-8,12-13H,3-4,9-11H2,1-2H3,(H,25,29). The molecule has 0 spiro atoms. The minimum Gasteiger partial charge on any atom is -0.341 e. The van der Waals surface area contributed by atoms with Gasteiger partial charge in [0.1, 0.15) is 11.4 Å². The number of likely N-dealkylation sites (tertiary alicyclic amines) is 1. The summed E-state index contributed by atoms with van der Waals surface area (Å²) in [5, 5.41) is 3.27. The van der Waals surface area contributed by atoms with Crippen LogP contribution in [0.15, 0.2) is 35.4 Å². The lowest BCUT2D eigenvalue weighted by molar-refractivity contribution is -0.133. The molecule has 0 aliphatic carbocycles. The van der Waals surface area contributed by atoms with E-state index in [0.29, 0.717) is 32.3 Å². The Labute approximate surface area is 197 Å². The molecule has 2 aromatic heterocycles. The van der Waals surface area contributed by atoms with Crippen LogP contribution in [0.5, 0.6) is 0 Å². The van der Waals surface area contributed by atoms with Crippen LogP contribution in [-0.4, -0.2) is 39.4 Å². The molecule has 1 fully saturated rings. The fraction of sp³-hybridized carbons (Fsp3) is 0.364. The second-order valence-corrected chi connectivity index (χ2v) is 10.2. The SMILES string of the molecule is Cc1c(C(=O)Nc2ccc(I)cc2)sc2ncn(CC(=O)N3CCCC(C)C3)c(=O)c12. The van der Waals surface area contributed by atoms with Gasteiger partial charge < -0.3 is 10.2 Å². The summed E-state index contributed by atoms with van der Waals surface area (Å²) in [7, 11) is 0. The minimum absolute atomic E-state index is 0.0338. The Morgan fingerprint density at radius 2 is 2.03 bits per heavy atom. The van der Waals surface area contributed by atoms with E-state index in [9.17, 15) is 14.4 Å². The molecule has 0 radical (unpaired) electrons. The fourth-order valence-electron chi connectivity index (χ4n) is 3.87. The zero-order chi connectivity index (χ0) is 22.1. The smallest absolute Gasteiger partial charge is 0.266 e. The quantitative estimate of drug-likeness (QED) is 0.500.